The lowest BCUT2D eigenvalue weighted by molar-refractivity contribution is 0.104. The Morgan fingerprint density at radius 1 is 0.962 bits per heavy atom. The Labute approximate surface area is 160 Å². The van der Waals surface area contributed by atoms with Crippen molar-refractivity contribution in [1.29, 1.82) is 0 Å². The summed E-state index contributed by atoms with van der Waals surface area (Å²) in [7, 11) is 6.13. The lowest BCUT2D eigenvalue weighted by Gasteiger charge is -2.13. The fourth-order valence-corrected chi connectivity index (χ4v) is 2.88. The highest BCUT2D eigenvalue weighted by molar-refractivity contribution is 9.12. The van der Waals surface area contributed by atoms with Gasteiger partial charge in [0, 0.05) is 17.2 Å². The molecule has 0 aliphatic carbocycles. The van der Waals surface area contributed by atoms with Crippen LogP contribution >= 0.6 is 15.9 Å². The van der Waals surface area contributed by atoms with Crippen LogP contribution in [-0.4, -0.2) is 34.2 Å². The minimum absolute atomic E-state index is 0.233. The number of ketones is 1. The van der Waals surface area contributed by atoms with E-state index >= 15 is 0 Å². The summed E-state index contributed by atoms with van der Waals surface area (Å²) < 4.78 is 21.4. The molecule has 7 heteroatoms. The predicted molar refractivity (Wildman–Crippen MR) is 105 cm³/mol. The molecule has 0 unspecified atom stereocenters. The second-order valence-electron chi connectivity index (χ2n) is 5.23. The third kappa shape index (κ3) is 4.11. The van der Waals surface area contributed by atoms with Crippen LogP contribution in [0.25, 0.3) is 6.08 Å². The lowest BCUT2D eigenvalue weighted by Crippen LogP contribution is -2.02. The molecule has 0 saturated heterocycles. The Morgan fingerprint density at radius 2 is 1.65 bits per heavy atom. The van der Waals surface area contributed by atoms with Crippen LogP contribution in [0.1, 0.15) is 15.9 Å². The molecule has 2 rings (SSSR count). The van der Waals surface area contributed by atoms with Crippen molar-refractivity contribution in [3.8, 4) is 23.0 Å². The number of carbonyl (C=O) groups is 1. The minimum atomic E-state index is -0.233. The van der Waals surface area contributed by atoms with Crippen molar-refractivity contribution in [2.75, 3.05) is 34.2 Å². The average molecular weight is 422 g/mol. The number of carbonyl (C=O) groups excluding carboxylic acids is 1. The molecule has 0 heterocycles. The van der Waals surface area contributed by atoms with E-state index in [1.54, 1.807) is 43.5 Å². The summed E-state index contributed by atoms with van der Waals surface area (Å²) >= 11 is 3.34. The molecule has 2 aromatic carbocycles. The molecule has 2 N–H and O–H groups in total. The fraction of sp³-hybridized carbons (Fsp3) is 0.211. The molecular formula is C19H20BrNO5. The Morgan fingerprint density at radius 3 is 2.19 bits per heavy atom. The van der Waals surface area contributed by atoms with Crippen molar-refractivity contribution in [1.82, 2.24) is 0 Å². The van der Waals surface area contributed by atoms with Gasteiger partial charge in [-0.05, 0) is 46.3 Å². The molecular weight excluding hydrogens is 402 g/mol. The van der Waals surface area contributed by atoms with Gasteiger partial charge in [0.2, 0.25) is 0 Å². The molecule has 2 aromatic rings. The first kappa shape index (κ1) is 19.7. The van der Waals surface area contributed by atoms with Crippen LogP contribution in [0.15, 0.2) is 34.8 Å². The smallest absolute Gasteiger partial charge is 0.200 e. The van der Waals surface area contributed by atoms with E-state index in [1.165, 1.54) is 21.3 Å². The first-order valence-electron chi connectivity index (χ1n) is 7.60. The number of methoxy groups -OCH3 is 4. The summed E-state index contributed by atoms with van der Waals surface area (Å²) in [6.45, 7) is 0. The zero-order valence-corrected chi connectivity index (χ0v) is 16.5. The fourth-order valence-electron chi connectivity index (χ4n) is 2.41. The van der Waals surface area contributed by atoms with Gasteiger partial charge in [-0.3, -0.25) is 4.79 Å². The SMILES string of the molecule is COc1cc(/C=C(/Br)C(=O)c2ccc(OC)c(N)c2)c(OC)c(OC)c1. The summed E-state index contributed by atoms with van der Waals surface area (Å²) in [6.07, 6.45) is 1.65. The molecule has 0 aliphatic rings. The van der Waals surface area contributed by atoms with Crippen molar-refractivity contribution in [2.24, 2.45) is 0 Å². The van der Waals surface area contributed by atoms with E-state index in [-0.39, 0.29) is 5.78 Å². The van der Waals surface area contributed by atoms with Gasteiger partial charge < -0.3 is 24.7 Å². The number of hydrogen-bond donors (Lipinski definition) is 1. The van der Waals surface area contributed by atoms with E-state index < -0.39 is 0 Å². The average Bonchev–Trinajstić information content (AvgIpc) is 2.66. The second-order valence-corrected chi connectivity index (χ2v) is 6.08. The summed E-state index contributed by atoms with van der Waals surface area (Å²) in [6, 6.07) is 8.32. The number of allylic oxidation sites excluding steroid dienone is 1. The molecule has 0 spiro atoms. The standard InChI is InChI=1S/C19H20BrNO5/c1-23-13-7-12(19(26-4)17(10-13)25-3)8-14(20)18(22)11-5-6-16(24-2)15(21)9-11/h5-10H,21H2,1-4H3/b14-8+. The lowest BCUT2D eigenvalue weighted by atomic mass is 10.1. The van der Waals surface area contributed by atoms with Gasteiger partial charge in [-0.25, -0.2) is 0 Å². The molecule has 26 heavy (non-hydrogen) atoms. The van der Waals surface area contributed by atoms with E-state index in [0.717, 1.165) is 0 Å². The second kappa shape index (κ2) is 8.62. The molecule has 0 bridgehead atoms. The molecule has 6 nitrogen and oxygen atoms in total. The Balaban J connectivity index is 2.45. The van der Waals surface area contributed by atoms with Crippen LogP contribution in [0, 0.1) is 0 Å². The molecule has 0 amide bonds. The number of hydrogen-bond acceptors (Lipinski definition) is 6. The molecule has 0 aliphatic heterocycles. The van der Waals surface area contributed by atoms with Gasteiger partial charge in [-0.2, -0.15) is 0 Å². The van der Waals surface area contributed by atoms with Gasteiger partial charge in [0.25, 0.3) is 0 Å². The molecule has 0 aromatic heterocycles. The van der Waals surface area contributed by atoms with Crippen molar-refractivity contribution >= 4 is 33.5 Å². The first-order chi connectivity index (χ1) is 12.4. The normalized spacial score (nSPS) is 11.0. The Kier molecular flexibility index (Phi) is 6.52. The van der Waals surface area contributed by atoms with Crippen LogP contribution in [0.5, 0.6) is 23.0 Å². The number of nitrogens with two attached hydrogens (primary N) is 1. The predicted octanol–water partition coefficient (Wildman–Crippen LogP) is 3.92. The number of rotatable bonds is 7. The van der Waals surface area contributed by atoms with E-state index in [4.69, 9.17) is 24.7 Å². The topological polar surface area (TPSA) is 80.0 Å². The van der Waals surface area contributed by atoms with Crippen LogP contribution in [0.4, 0.5) is 5.69 Å². The third-order valence-electron chi connectivity index (χ3n) is 3.71. The maximum atomic E-state index is 12.7. The minimum Gasteiger partial charge on any atom is -0.497 e. The van der Waals surface area contributed by atoms with Crippen molar-refractivity contribution in [2.45, 2.75) is 0 Å². The first-order valence-corrected chi connectivity index (χ1v) is 8.39. The van der Waals surface area contributed by atoms with E-state index in [2.05, 4.69) is 15.9 Å². The highest BCUT2D eigenvalue weighted by Crippen LogP contribution is 2.37. The van der Waals surface area contributed by atoms with E-state index in [0.29, 0.717) is 44.3 Å². The van der Waals surface area contributed by atoms with Gasteiger partial charge >= 0.3 is 0 Å². The Hall–Kier alpha value is -2.67. The molecule has 0 fully saturated rings. The largest absolute Gasteiger partial charge is 0.497 e. The maximum Gasteiger partial charge on any atom is 0.200 e. The number of ether oxygens (including phenoxy) is 4. The molecule has 0 saturated carbocycles. The van der Waals surface area contributed by atoms with Gasteiger partial charge in [0.1, 0.15) is 11.5 Å². The van der Waals surface area contributed by atoms with E-state index in [1.807, 2.05) is 0 Å². The summed E-state index contributed by atoms with van der Waals surface area (Å²) in [5.74, 6) is 1.85. The van der Waals surface area contributed by atoms with E-state index in [9.17, 15) is 4.79 Å². The molecule has 0 atom stereocenters. The number of nitrogen functional groups attached to an aromatic ring is 1. The van der Waals surface area contributed by atoms with Gasteiger partial charge in [0.05, 0.1) is 38.6 Å². The number of anilines is 1. The van der Waals surface area contributed by atoms with Gasteiger partial charge in [0.15, 0.2) is 17.3 Å². The summed E-state index contributed by atoms with van der Waals surface area (Å²) in [5.41, 5.74) is 7.33. The van der Waals surface area contributed by atoms with Crippen LogP contribution in [0.3, 0.4) is 0 Å². The zero-order chi connectivity index (χ0) is 19.3. The van der Waals surface area contributed by atoms with Gasteiger partial charge in [-0.15, -0.1) is 0 Å². The van der Waals surface area contributed by atoms with Crippen molar-refractivity contribution in [3.05, 3.63) is 45.9 Å². The molecule has 0 radical (unpaired) electrons. The monoisotopic (exact) mass is 421 g/mol. The number of halogens is 1. The summed E-state index contributed by atoms with van der Waals surface area (Å²) in [4.78, 5) is 12.7. The maximum absolute atomic E-state index is 12.7. The van der Waals surface area contributed by atoms with Gasteiger partial charge in [-0.1, -0.05) is 0 Å². The van der Waals surface area contributed by atoms with Crippen molar-refractivity contribution < 1.29 is 23.7 Å². The number of Topliss-reactive ketones (excluding diaryl/α,β-unsaturated/α-hetero) is 1. The number of benzene rings is 2. The quantitative estimate of drug-likeness (QED) is 0.414. The highest BCUT2D eigenvalue weighted by Gasteiger charge is 2.16. The third-order valence-corrected chi connectivity index (χ3v) is 4.30. The molecule has 138 valence electrons. The highest BCUT2D eigenvalue weighted by atomic mass is 79.9. The van der Waals surface area contributed by atoms with Crippen LogP contribution in [0.2, 0.25) is 0 Å². The zero-order valence-electron chi connectivity index (χ0n) is 15.0. The Bertz CT molecular complexity index is 848. The van der Waals surface area contributed by atoms with Crippen molar-refractivity contribution in [3.63, 3.8) is 0 Å². The van der Waals surface area contributed by atoms with Crippen LogP contribution < -0.4 is 24.7 Å². The summed E-state index contributed by atoms with van der Waals surface area (Å²) in [5, 5.41) is 0. The van der Waals surface area contributed by atoms with Crippen LogP contribution in [-0.2, 0) is 0 Å².